The highest BCUT2D eigenvalue weighted by Gasteiger charge is 2.33. The Morgan fingerprint density at radius 3 is 2.72 bits per heavy atom. The fourth-order valence-electron chi connectivity index (χ4n) is 2.59. The lowest BCUT2D eigenvalue weighted by Crippen LogP contribution is -2.12. The number of aliphatic hydroxyl groups excluding tert-OH is 1. The third-order valence-corrected chi connectivity index (χ3v) is 5.17. The van der Waals surface area contributed by atoms with Gasteiger partial charge in [0.05, 0.1) is 24.3 Å². The summed E-state index contributed by atoms with van der Waals surface area (Å²) in [5.41, 5.74) is 1.21. The number of phenols is 1. The van der Waals surface area contributed by atoms with Gasteiger partial charge in [-0.1, -0.05) is 35.5 Å². The zero-order chi connectivity index (χ0) is 21.0. The van der Waals surface area contributed by atoms with Gasteiger partial charge in [-0.15, -0.1) is 0 Å². The summed E-state index contributed by atoms with van der Waals surface area (Å²) in [5.74, 6) is -0.584. The second kappa shape index (κ2) is 9.07. The Balaban J connectivity index is 2.05. The number of carbonyl (C=O) groups excluding carboxylic acids is 1. The fraction of sp³-hybridized carbons (Fsp3) is 0.143. The van der Waals surface area contributed by atoms with Gasteiger partial charge in [-0.25, -0.2) is 9.79 Å². The highest BCUT2D eigenvalue weighted by molar-refractivity contribution is 8.18. The first-order valence-corrected chi connectivity index (χ1v) is 9.84. The summed E-state index contributed by atoms with van der Waals surface area (Å²) in [5, 5.41) is 21.3. The summed E-state index contributed by atoms with van der Waals surface area (Å²) in [6.45, 7) is 1.85. The summed E-state index contributed by atoms with van der Waals surface area (Å²) in [4.78, 5) is 17.3. The topological polar surface area (TPSA) is 88.4 Å². The van der Waals surface area contributed by atoms with Crippen molar-refractivity contribution in [2.75, 3.05) is 13.7 Å². The molecule has 1 aliphatic heterocycles. The Kier molecular flexibility index (Phi) is 6.51. The number of rotatable bonds is 5. The molecular weight excluding hydrogens is 414 g/mol. The van der Waals surface area contributed by atoms with Crippen molar-refractivity contribution in [2.45, 2.75) is 6.92 Å². The molecule has 3 rings (SSSR count). The Hall–Kier alpha value is -2.90. The van der Waals surface area contributed by atoms with Gasteiger partial charge in [-0.2, -0.15) is 0 Å². The summed E-state index contributed by atoms with van der Waals surface area (Å²) >= 11 is 7.15. The van der Waals surface area contributed by atoms with Gasteiger partial charge in [0.15, 0.2) is 11.5 Å². The Morgan fingerprint density at radius 2 is 2.03 bits per heavy atom. The maximum absolute atomic E-state index is 12.4. The van der Waals surface area contributed by atoms with Crippen LogP contribution in [0.25, 0.3) is 6.08 Å². The van der Waals surface area contributed by atoms with E-state index in [2.05, 4.69) is 4.99 Å². The van der Waals surface area contributed by atoms with Gasteiger partial charge in [0.25, 0.3) is 0 Å². The highest BCUT2D eigenvalue weighted by atomic mass is 35.5. The molecule has 0 radical (unpaired) electrons. The van der Waals surface area contributed by atoms with Crippen LogP contribution in [0.3, 0.4) is 0 Å². The van der Waals surface area contributed by atoms with Crippen LogP contribution in [0.4, 0.5) is 5.69 Å². The SMILES string of the molecule is CCOC(=O)C1=C(O)/C(=C\c2ccc(O)c(OC)c2)SC1=Nc1cccc(Cl)c1. The number of thioether (sulfide) groups is 1. The summed E-state index contributed by atoms with van der Waals surface area (Å²) < 4.78 is 10.2. The van der Waals surface area contributed by atoms with Crippen molar-refractivity contribution in [3.8, 4) is 11.5 Å². The molecule has 2 aromatic carbocycles. The molecule has 6 nitrogen and oxygen atoms in total. The molecule has 0 saturated heterocycles. The monoisotopic (exact) mass is 431 g/mol. The maximum Gasteiger partial charge on any atom is 0.344 e. The molecule has 0 aromatic heterocycles. The number of aromatic hydroxyl groups is 1. The fourth-order valence-corrected chi connectivity index (χ4v) is 3.81. The zero-order valence-corrected chi connectivity index (χ0v) is 17.3. The molecular formula is C21H18ClNO5S. The maximum atomic E-state index is 12.4. The van der Waals surface area contributed by atoms with Crippen molar-refractivity contribution >= 4 is 46.1 Å². The summed E-state index contributed by atoms with van der Waals surface area (Å²) in [6, 6.07) is 11.6. The van der Waals surface area contributed by atoms with E-state index in [4.69, 9.17) is 21.1 Å². The van der Waals surface area contributed by atoms with E-state index in [-0.39, 0.29) is 23.7 Å². The van der Waals surface area contributed by atoms with E-state index in [0.29, 0.717) is 32.0 Å². The number of esters is 1. The number of nitrogens with zero attached hydrogens (tertiary/aromatic N) is 1. The third-order valence-electron chi connectivity index (χ3n) is 3.91. The van der Waals surface area contributed by atoms with E-state index in [1.165, 1.54) is 13.2 Å². The molecule has 29 heavy (non-hydrogen) atoms. The minimum Gasteiger partial charge on any atom is -0.506 e. The van der Waals surface area contributed by atoms with Crippen molar-refractivity contribution in [3.05, 3.63) is 69.3 Å². The molecule has 0 aliphatic carbocycles. The van der Waals surface area contributed by atoms with Gasteiger partial charge in [0.2, 0.25) is 0 Å². The van der Waals surface area contributed by atoms with Crippen molar-refractivity contribution in [2.24, 2.45) is 4.99 Å². The Bertz CT molecular complexity index is 1050. The molecule has 0 spiro atoms. The lowest BCUT2D eigenvalue weighted by molar-refractivity contribution is -0.138. The van der Waals surface area contributed by atoms with E-state index in [0.717, 1.165) is 11.8 Å². The van der Waals surface area contributed by atoms with Crippen LogP contribution in [0.5, 0.6) is 11.5 Å². The Morgan fingerprint density at radius 1 is 1.24 bits per heavy atom. The number of hydrogen-bond donors (Lipinski definition) is 2. The predicted octanol–water partition coefficient (Wildman–Crippen LogP) is 5.25. The molecule has 0 saturated carbocycles. The van der Waals surface area contributed by atoms with Crippen LogP contribution < -0.4 is 4.74 Å². The zero-order valence-electron chi connectivity index (χ0n) is 15.7. The number of halogens is 1. The van der Waals surface area contributed by atoms with E-state index < -0.39 is 5.97 Å². The minimum absolute atomic E-state index is 0.00362. The highest BCUT2D eigenvalue weighted by Crippen LogP contribution is 2.41. The quantitative estimate of drug-likeness (QED) is 0.629. The average Bonchev–Trinajstić information content (AvgIpc) is 2.98. The van der Waals surface area contributed by atoms with Gasteiger partial charge in [0, 0.05) is 5.02 Å². The molecule has 150 valence electrons. The summed E-state index contributed by atoms with van der Waals surface area (Å²) in [7, 11) is 1.45. The van der Waals surface area contributed by atoms with Crippen molar-refractivity contribution in [1.82, 2.24) is 0 Å². The second-order valence-corrected chi connectivity index (χ2v) is 7.35. The summed E-state index contributed by atoms with van der Waals surface area (Å²) in [6.07, 6.45) is 1.67. The predicted molar refractivity (Wildman–Crippen MR) is 115 cm³/mol. The normalized spacial score (nSPS) is 16.5. The molecule has 1 aliphatic rings. The number of ether oxygens (including phenoxy) is 2. The largest absolute Gasteiger partial charge is 0.506 e. The first-order valence-electron chi connectivity index (χ1n) is 8.64. The van der Waals surface area contributed by atoms with Crippen LogP contribution >= 0.6 is 23.4 Å². The third kappa shape index (κ3) is 4.75. The number of phenolic OH excluding ortho intramolecular Hbond substituents is 1. The van der Waals surface area contributed by atoms with Crippen LogP contribution in [-0.4, -0.2) is 34.9 Å². The van der Waals surface area contributed by atoms with Gasteiger partial charge < -0.3 is 19.7 Å². The van der Waals surface area contributed by atoms with Gasteiger partial charge in [-0.3, -0.25) is 0 Å². The van der Waals surface area contributed by atoms with Crippen LogP contribution in [0.1, 0.15) is 12.5 Å². The minimum atomic E-state index is -0.662. The molecule has 2 N–H and O–H groups in total. The number of hydrogen-bond acceptors (Lipinski definition) is 7. The van der Waals surface area contributed by atoms with Crippen LogP contribution in [0.15, 0.2) is 63.7 Å². The van der Waals surface area contributed by atoms with E-state index in [9.17, 15) is 15.0 Å². The molecule has 0 atom stereocenters. The van der Waals surface area contributed by atoms with E-state index in [1.54, 1.807) is 49.4 Å². The lowest BCUT2D eigenvalue weighted by atomic mass is 10.1. The number of carbonyl (C=O) groups is 1. The van der Waals surface area contributed by atoms with Crippen molar-refractivity contribution < 1.29 is 24.5 Å². The van der Waals surface area contributed by atoms with Crippen molar-refractivity contribution in [3.63, 3.8) is 0 Å². The van der Waals surface area contributed by atoms with E-state index >= 15 is 0 Å². The lowest BCUT2D eigenvalue weighted by Gasteiger charge is -2.04. The number of methoxy groups -OCH3 is 1. The van der Waals surface area contributed by atoms with Gasteiger partial charge in [-0.05, 0) is 48.9 Å². The molecule has 0 amide bonds. The number of benzene rings is 2. The molecule has 0 unspecified atom stereocenters. The molecule has 1 heterocycles. The second-order valence-electron chi connectivity index (χ2n) is 5.88. The molecule has 0 bridgehead atoms. The van der Waals surface area contributed by atoms with Crippen LogP contribution in [0, 0.1) is 0 Å². The van der Waals surface area contributed by atoms with Crippen molar-refractivity contribution in [1.29, 1.82) is 0 Å². The standard InChI is InChI=1S/C21H18ClNO5S/c1-3-28-21(26)18-19(25)17(10-12-7-8-15(24)16(9-12)27-2)29-20(18)23-14-6-4-5-13(22)11-14/h4-11,24-25H,3H2,1-2H3/b17-10+,23-20?. The molecule has 0 fully saturated rings. The van der Waals surface area contributed by atoms with Gasteiger partial charge >= 0.3 is 5.97 Å². The van der Waals surface area contributed by atoms with Crippen LogP contribution in [-0.2, 0) is 9.53 Å². The number of aliphatic hydroxyl groups is 1. The smallest absolute Gasteiger partial charge is 0.344 e. The number of aliphatic imine (C=N–C) groups is 1. The first kappa shape index (κ1) is 20.8. The van der Waals surface area contributed by atoms with E-state index in [1.807, 2.05) is 0 Å². The average molecular weight is 432 g/mol. The molecule has 8 heteroatoms. The Labute approximate surface area is 177 Å². The molecule has 2 aromatic rings. The van der Waals surface area contributed by atoms with Crippen LogP contribution in [0.2, 0.25) is 5.02 Å². The van der Waals surface area contributed by atoms with Gasteiger partial charge in [0.1, 0.15) is 16.4 Å². The first-order chi connectivity index (χ1) is 13.9.